The molecule has 1 aliphatic carbocycles. The predicted molar refractivity (Wildman–Crippen MR) is 79.4 cm³/mol. The highest BCUT2D eigenvalue weighted by Gasteiger charge is 2.17. The van der Waals surface area contributed by atoms with Crippen LogP contribution in [0.25, 0.3) is 0 Å². The average Bonchev–Trinajstić information content (AvgIpc) is 2.57. The first-order chi connectivity index (χ1) is 9.08. The summed E-state index contributed by atoms with van der Waals surface area (Å²) in [5, 5.41) is 3.60. The van der Waals surface area contributed by atoms with Crippen molar-refractivity contribution in [3.8, 4) is 0 Å². The maximum absolute atomic E-state index is 11.4. The lowest BCUT2D eigenvalue weighted by molar-refractivity contribution is 0.1000. The van der Waals surface area contributed by atoms with Crippen LogP contribution in [0.3, 0.4) is 0 Å². The number of hydrogen-bond donors (Lipinski definition) is 2. The number of amides is 1. The van der Waals surface area contributed by atoms with Gasteiger partial charge in [0.1, 0.15) is 0 Å². The van der Waals surface area contributed by atoms with Gasteiger partial charge in [0.05, 0.1) is 0 Å². The summed E-state index contributed by atoms with van der Waals surface area (Å²) in [4.78, 5) is 11.4. The SMILES string of the molecule is Cc1c(NC2CCCC(C)CC2)cccc1C(N)=O. The lowest BCUT2D eigenvalue weighted by Crippen LogP contribution is -2.20. The second-order valence-corrected chi connectivity index (χ2v) is 5.80. The number of rotatable bonds is 3. The first kappa shape index (κ1) is 13.9. The molecule has 2 rings (SSSR count). The monoisotopic (exact) mass is 260 g/mol. The van der Waals surface area contributed by atoms with E-state index in [2.05, 4.69) is 12.2 Å². The molecule has 1 aromatic carbocycles. The van der Waals surface area contributed by atoms with E-state index >= 15 is 0 Å². The highest BCUT2D eigenvalue weighted by atomic mass is 16.1. The van der Waals surface area contributed by atoms with Gasteiger partial charge in [0, 0.05) is 17.3 Å². The fourth-order valence-corrected chi connectivity index (χ4v) is 2.91. The van der Waals surface area contributed by atoms with E-state index in [-0.39, 0.29) is 5.91 Å². The fourth-order valence-electron chi connectivity index (χ4n) is 2.91. The zero-order valence-electron chi connectivity index (χ0n) is 11.9. The maximum atomic E-state index is 11.4. The van der Waals surface area contributed by atoms with Crippen LogP contribution in [0.15, 0.2) is 18.2 Å². The molecular formula is C16H24N2O. The Labute approximate surface area is 115 Å². The number of nitrogens with two attached hydrogens (primary N) is 1. The van der Waals surface area contributed by atoms with Gasteiger partial charge < -0.3 is 11.1 Å². The molecule has 0 radical (unpaired) electrons. The van der Waals surface area contributed by atoms with Gasteiger partial charge in [0.15, 0.2) is 0 Å². The van der Waals surface area contributed by atoms with E-state index in [1.54, 1.807) is 6.07 Å². The normalized spacial score (nSPS) is 23.7. The Kier molecular flexibility index (Phi) is 4.46. The zero-order chi connectivity index (χ0) is 13.8. The van der Waals surface area contributed by atoms with Crippen molar-refractivity contribution < 1.29 is 4.79 Å². The van der Waals surface area contributed by atoms with Crippen LogP contribution < -0.4 is 11.1 Å². The van der Waals surface area contributed by atoms with E-state index in [1.165, 1.54) is 32.1 Å². The molecule has 19 heavy (non-hydrogen) atoms. The van der Waals surface area contributed by atoms with Crippen molar-refractivity contribution >= 4 is 11.6 Å². The summed E-state index contributed by atoms with van der Waals surface area (Å²) >= 11 is 0. The van der Waals surface area contributed by atoms with Crippen LogP contribution in [-0.4, -0.2) is 11.9 Å². The Morgan fingerprint density at radius 1 is 1.26 bits per heavy atom. The standard InChI is InChI=1S/C16H24N2O/c1-11-5-3-6-13(10-9-11)18-15-8-4-7-14(12(15)2)16(17)19/h4,7-8,11,13,18H,3,5-6,9-10H2,1-2H3,(H2,17,19). The largest absolute Gasteiger partial charge is 0.382 e. The van der Waals surface area contributed by atoms with Crippen LogP contribution in [0.4, 0.5) is 5.69 Å². The summed E-state index contributed by atoms with van der Waals surface area (Å²) in [6.07, 6.45) is 6.32. The average molecular weight is 260 g/mol. The van der Waals surface area contributed by atoms with E-state index in [1.807, 2.05) is 19.1 Å². The molecule has 0 aromatic heterocycles. The van der Waals surface area contributed by atoms with Crippen molar-refractivity contribution in [3.05, 3.63) is 29.3 Å². The number of nitrogens with one attached hydrogen (secondary N) is 1. The first-order valence-electron chi connectivity index (χ1n) is 7.24. The second-order valence-electron chi connectivity index (χ2n) is 5.80. The van der Waals surface area contributed by atoms with Gasteiger partial charge in [-0.25, -0.2) is 0 Å². The summed E-state index contributed by atoms with van der Waals surface area (Å²) in [6, 6.07) is 6.25. The Balaban J connectivity index is 2.10. The zero-order valence-corrected chi connectivity index (χ0v) is 11.9. The molecule has 0 heterocycles. The lowest BCUT2D eigenvalue weighted by Gasteiger charge is -2.20. The molecule has 1 aromatic rings. The van der Waals surface area contributed by atoms with E-state index in [0.29, 0.717) is 11.6 Å². The quantitative estimate of drug-likeness (QED) is 0.818. The van der Waals surface area contributed by atoms with E-state index in [0.717, 1.165) is 17.2 Å². The fraction of sp³-hybridized carbons (Fsp3) is 0.562. The van der Waals surface area contributed by atoms with Crippen molar-refractivity contribution in [3.63, 3.8) is 0 Å². The van der Waals surface area contributed by atoms with Crippen LogP contribution in [0.2, 0.25) is 0 Å². The number of carbonyl (C=O) groups excluding carboxylic acids is 1. The smallest absolute Gasteiger partial charge is 0.249 e. The highest BCUT2D eigenvalue weighted by Crippen LogP contribution is 2.27. The van der Waals surface area contributed by atoms with Crippen LogP contribution in [0.1, 0.15) is 54.9 Å². The summed E-state index contributed by atoms with van der Waals surface area (Å²) in [7, 11) is 0. The van der Waals surface area contributed by atoms with E-state index in [4.69, 9.17) is 5.73 Å². The Morgan fingerprint density at radius 2 is 2.05 bits per heavy atom. The minimum atomic E-state index is -0.351. The molecule has 0 aliphatic heterocycles. The molecule has 3 nitrogen and oxygen atoms in total. The molecular weight excluding hydrogens is 236 g/mol. The number of hydrogen-bond acceptors (Lipinski definition) is 2. The number of anilines is 1. The van der Waals surface area contributed by atoms with Gasteiger partial charge in [-0.05, 0) is 49.8 Å². The Hall–Kier alpha value is -1.51. The molecule has 1 fully saturated rings. The van der Waals surface area contributed by atoms with E-state index < -0.39 is 0 Å². The van der Waals surface area contributed by atoms with Gasteiger partial charge >= 0.3 is 0 Å². The third-order valence-electron chi connectivity index (χ3n) is 4.22. The van der Waals surface area contributed by atoms with Crippen molar-refractivity contribution in [1.82, 2.24) is 0 Å². The third kappa shape index (κ3) is 3.49. The summed E-state index contributed by atoms with van der Waals surface area (Å²) in [6.45, 7) is 4.29. The molecule has 2 unspecified atom stereocenters. The maximum Gasteiger partial charge on any atom is 0.249 e. The molecule has 3 N–H and O–H groups in total. The molecule has 0 spiro atoms. The van der Waals surface area contributed by atoms with Gasteiger partial charge in [-0.15, -0.1) is 0 Å². The third-order valence-corrected chi connectivity index (χ3v) is 4.22. The highest BCUT2D eigenvalue weighted by molar-refractivity contribution is 5.95. The van der Waals surface area contributed by atoms with Crippen LogP contribution >= 0.6 is 0 Å². The van der Waals surface area contributed by atoms with E-state index in [9.17, 15) is 4.79 Å². The van der Waals surface area contributed by atoms with Crippen molar-refractivity contribution in [2.75, 3.05) is 5.32 Å². The predicted octanol–water partition coefficient (Wildman–Crippen LogP) is 3.47. The number of benzene rings is 1. The topological polar surface area (TPSA) is 55.1 Å². The molecule has 1 saturated carbocycles. The van der Waals surface area contributed by atoms with Crippen LogP contribution in [0.5, 0.6) is 0 Å². The summed E-state index contributed by atoms with van der Waals surface area (Å²) in [5.74, 6) is 0.487. The van der Waals surface area contributed by atoms with Gasteiger partial charge in [-0.3, -0.25) is 4.79 Å². The van der Waals surface area contributed by atoms with Gasteiger partial charge in [0.2, 0.25) is 5.91 Å². The summed E-state index contributed by atoms with van der Waals surface area (Å²) < 4.78 is 0. The molecule has 0 saturated heterocycles. The van der Waals surface area contributed by atoms with Gasteiger partial charge in [0.25, 0.3) is 0 Å². The molecule has 104 valence electrons. The molecule has 1 amide bonds. The van der Waals surface area contributed by atoms with Crippen LogP contribution in [-0.2, 0) is 0 Å². The minimum absolute atomic E-state index is 0.351. The second kappa shape index (κ2) is 6.09. The first-order valence-corrected chi connectivity index (χ1v) is 7.24. The lowest BCUT2D eigenvalue weighted by atomic mass is 10.0. The van der Waals surface area contributed by atoms with Crippen molar-refractivity contribution in [2.45, 2.75) is 52.0 Å². The number of primary amides is 1. The minimum Gasteiger partial charge on any atom is -0.382 e. The molecule has 3 heteroatoms. The molecule has 2 atom stereocenters. The Bertz CT molecular complexity index is 456. The Morgan fingerprint density at radius 3 is 2.79 bits per heavy atom. The summed E-state index contributed by atoms with van der Waals surface area (Å²) in [5.41, 5.74) is 8.03. The van der Waals surface area contributed by atoms with Crippen molar-refractivity contribution in [1.29, 1.82) is 0 Å². The van der Waals surface area contributed by atoms with Crippen molar-refractivity contribution in [2.24, 2.45) is 11.7 Å². The van der Waals surface area contributed by atoms with Crippen LogP contribution in [0, 0.1) is 12.8 Å². The molecule has 0 bridgehead atoms. The van der Waals surface area contributed by atoms with Gasteiger partial charge in [-0.1, -0.05) is 25.8 Å². The van der Waals surface area contributed by atoms with Gasteiger partial charge in [-0.2, -0.15) is 0 Å². The number of carbonyl (C=O) groups is 1. The molecule has 1 aliphatic rings.